The molecule has 2 N–H and O–H groups in total. The molecule has 6 nitrogen and oxygen atoms in total. The van der Waals surface area contributed by atoms with E-state index in [-0.39, 0.29) is 16.5 Å². The maximum Gasteiger partial charge on any atom is 0.255 e. The lowest BCUT2D eigenvalue weighted by Crippen LogP contribution is -2.26. The molecule has 0 atom stereocenters. The van der Waals surface area contributed by atoms with Gasteiger partial charge in [-0.25, -0.2) is 14.4 Å². The summed E-state index contributed by atoms with van der Waals surface area (Å²) in [6, 6.07) is 4.53. The van der Waals surface area contributed by atoms with E-state index in [0.717, 1.165) is 18.4 Å². The van der Waals surface area contributed by atoms with Gasteiger partial charge in [-0.2, -0.15) is 0 Å². The number of anilines is 1. The van der Waals surface area contributed by atoms with Gasteiger partial charge in [0.15, 0.2) is 0 Å². The summed E-state index contributed by atoms with van der Waals surface area (Å²) in [5.41, 5.74) is 1.66. The molecular weight excluding hydrogens is 383 g/mol. The number of carbonyl (C=O) groups excluding carboxylic acids is 1. The van der Waals surface area contributed by atoms with Gasteiger partial charge in [0.05, 0.1) is 16.0 Å². The van der Waals surface area contributed by atoms with Crippen molar-refractivity contribution in [1.82, 2.24) is 15.3 Å². The largest absolute Gasteiger partial charge is 0.442 e. The second kappa shape index (κ2) is 7.05. The maximum atomic E-state index is 13.3. The third-order valence-corrected chi connectivity index (χ3v) is 5.28. The van der Waals surface area contributed by atoms with E-state index in [4.69, 9.17) is 16.0 Å². The third kappa shape index (κ3) is 3.67. The van der Waals surface area contributed by atoms with Crippen molar-refractivity contribution in [2.75, 3.05) is 11.9 Å². The lowest BCUT2D eigenvalue weighted by Gasteiger charge is -2.13. The number of nitrogens with zero attached hydrogens (tertiary/aromatic N) is 2. The number of aryl methyl sites for hydroxylation is 1. The van der Waals surface area contributed by atoms with Crippen LogP contribution in [0.2, 0.25) is 5.02 Å². The number of carbonyl (C=O) groups is 1. The summed E-state index contributed by atoms with van der Waals surface area (Å²) in [6.07, 6.45) is 4.06. The van der Waals surface area contributed by atoms with E-state index in [1.807, 2.05) is 0 Å². The number of hydrogen-bond acceptors (Lipinski definition) is 5. The van der Waals surface area contributed by atoms with Gasteiger partial charge in [0.1, 0.15) is 23.7 Å². The van der Waals surface area contributed by atoms with Crippen molar-refractivity contribution in [2.45, 2.75) is 38.6 Å². The van der Waals surface area contributed by atoms with E-state index in [2.05, 4.69) is 27.5 Å². The predicted octanol–water partition coefficient (Wildman–Crippen LogP) is 4.26. The first kappa shape index (κ1) is 18.7. The van der Waals surface area contributed by atoms with Gasteiger partial charge in [0.25, 0.3) is 5.91 Å². The number of benzene rings is 1. The molecule has 0 saturated heterocycles. The summed E-state index contributed by atoms with van der Waals surface area (Å²) in [7, 11) is 0. The number of halogens is 2. The lowest BCUT2D eigenvalue weighted by atomic mass is 10.1. The van der Waals surface area contributed by atoms with Gasteiger partial charge < -0.3 is 15.1 Å². The highest BCUT2D eigenvalue weighted by Gasteiger charge is 2.38. The average molecular weight is 403 g/mol. The van der Waals surface area contributed by atoms with E-state index in [9.17, 15) is 9.18 Å². The average Bonchev–Trinajstić information content (AvgIpc) is 3.26. The van der Waals surface area contributed by atoms with Crippen LogP contribution in [0.5, 0.6) is 0 Å². The summed E-state index contributed by atoms with van der Waals surface area (Å²) in [4.78, 5) is 21.3. The first-order valence-electron chi connectivity index (χ1n) is 9.11. The summed E-state index contributed by atoms with van der Waals surface area (Å²) >= 11 is 5.80. The molecule has 2 heterocycles. The van der Waals surface area contributed by atoms with Crippen LogP contribution < -0.4 is 10.6 Å². The quantitative estimate of drug-likeness (QED) is 0.644. The SMILES string of the molecule is Cc1oc2ncnc(NC3(C)CC3)c2c1C(=O)NCCc1ccc(F)c(Cl)c1. The Morgan fingerprint density at radius 2 is 2.14 bits per heavy atom. The topological polar surface area (TPSA) is 80.1 Å². The second-order valence-electron chi connectivity index (χ2n) is 7.38. The maximum absolute atomic E-state index is 13.3. The van der Waals surface area contributed by atoms with Crippen LogP contribution in [0.4, 0.5) is 10.2 Å². The van der Waals surface area contributed by atoms with Gasteiger partial charge in [-0.15, -0.1) is 0 Å². The molecule has 146 valence electrons. The molecule has 8 heteroatoms. The zero-order valence-corrected chi connectivity index (χ0v) is 16.4. The Bertz CT molecular complexity index is 1060. The Kier molecular flexibility index (Phi) is 4.71. The number of furan rings is 1. The van der Waals surface area contributed by atoms with E-state index in [1.165, 1.54) is 12.4 Å². The van der Waals surface area contributed by atoms with Gasteiger partial charge >= 0.3 is 0 Å². The van der Waals surface area contributed by atoms with Gasteiger partial charge in [-0.3, -0.25) is 4.79 Å². The highest BCUT2D eigenvalue weighted by atomic mass is 35.5. The molecule has 0 radical (unpaired) electrons. The second-order valence-corrected chi connectivity index (χ2v) is 7.78. The number of nitrogens with one attached hydrogen (secondary N) is 2. The summed E-state index contributed by atoms with van der Waals surface area (Å²) < 4.78 is 18.9. The van der Waals surface area contributed by atoms with E-state index in [0.29, 0.717) is 41.2 Å². The van der Waals surface area contributed by atoms with Crippen molar-refractivity contribution in [1.29, 1.82) is 0 Å². The van der Waals surface area contributed by atoms with Crippen LogP contribution in [0, 0.1) is 12.7 Å². The molecule has 1 aliphatic rings. The smallest absolute Gasteiger partial charge is 0.255 e. The molecule has 0 bridgehead atoms. The molecule has 1 amide bonds. The molecule has 1 aliphatic carbocycles. The molecule has 1 saturated carbocycles. The summed E-state index contributed by atoms with van der Waals surface area (Å²) in [5, 5.41) is 6.95. The van der Waals surface area contributed by atoms with Gasteiger partial charge in [-0.1, -0.05) is 17.7 Å². The molecule has 4 rings (SSSR count). The molecule has 28 heavy (non-hydrogen) atoms. The zero-order valence-electron chi connectivity index (χ0n) is 15.6. The fraction of sp³-hybridized carbons (Fsp3) is 0.350. The predicted molar refractivity (Wildman–Crippen MR) is 105 cm³/mol. The molecule has 0 spiro atoms. The van der Waals surface area contributed by atoms with E-state index in [1.54, 1.807) is 19.1 Å². The Hall–Kier alpha value is -2.67. The van der Waals surface area contributed by atoms with Crippen molar-refractivity contribution >= 4 is 34.4 Å². The molecular formula is C20H20ClFN4O2. The Morgan fingerprint density at radius 3 is 2.86 bits per heavy atom. The Morgan fingerprint density at radius 1 is 1.36 bits per heavy atom. The number of rotatable bonds is 6. The van der Waals surface area contributed by atoms with Gasteiger partial charge in [0, 0.05) is 12.1 Å². The third-order valence-electron chi connectivity index (χ3n) is 4.99. The number of aromatic nitrogens is 2. The highest BCUT2D eigenvalue weighted by molar-refractivity contribution is 6.30. The van der Waals surface area contributed by atoms with Crippen LogP contribution in [0.15, 0.2) is 28.9 Å². The van der Waals surface area contributed by atoms with Crippen LogP contribution >= 0.6 is 11.6 Å². The first-order valence-corrected chi connectivity index (χ1v) is 9.48. The van der Waals surface area contributed by atoms with Crippen LogP contribution in [-0.4, -0.2) is 28.0 Å². The van der Waals surface area contributed by atoms with Gasteiger partial charge in [-0.05, 0) is 50.8 Å². The Balaban J connectivity index is 1.53. The molecule has 2 aromatic heterocycles. The Labute approximate surface area is 166 Å². The summed E-state index contributed by atoms with van der Waals surface area (Å²) in [5.74, 6) is 0.377. The van der Waals surface area contributed by atoms with Crippen molar-refractivity contribution < 1.29 is 13.6 Å². The minimum atomic E-state index is -0.459. The van der Waals surface area contributed by atoms with Crippen LogP contribution in [0.3, 0.4) is 0 Å². The number of hydrogen-bond donors (Lipinski definition) is 2. The molecule has 3 aromatic rings. The highest BCUT2D eigenvalue weighted by Crippen LogP contribution is 2.40. The van der Waals surface area contributed by atoms with Crippen LogP contribution in [0.25, 0.3) is 11.1 Å². The number of fused-ring (bicyclic) bond motifs is 1. The molecule has 1 fully saturated rings. The van der Waals surface area contributed by atoms with Crippen LogP contribution in [0.1, 0.15) is 41.4 Å². The van der Waals surface area contributed by atoms with E-state index < -0.39 is 5.82 Å². The van der Waals surface area contributed by atoms with Gasteiger partial charge in [0.2, 0.25) is 5.71 Å². The van der Waals surface area contributed by atoms with Crippen LogP contribution in [-0.2, 0) is 6.42 Å². The van der Waals surface area contributed by atoms with Crippen molar-refractivity contribution in [3.8, 4) is 0 Å². The fourth-order valence-electron chi connectivity index (χ4n) is 3.11. The normalized spacial score (nSPS) is 14.9. The molecule has 0 unspecified atom stereocenters. The fourth-order valence-corrected chi connectivity index (χ4v) is 3.32. The molecule has 1 aromatic carbocycles. The molecule has 0 aliphatic heterocycles. The van der Waals surface area contributed by atoms with Crippen molar-refractivity contribution in [2.24, 2.45) is 0 Å². The van der Waals surface area contributed by atoms with Crippen molar-refractivity contribution in [3.63, 3.8) is 0 Å². The number of amides is 1. The standard InChI is InChI=1S/C20H20ClFN4O2/c1-11-15(18(27)23-8-5-12-3-4-14(22)13(21)9-12)16-17(26-20(2)6-7-20)24-10-25-19(16)28-11/h3-4,9-10H,5-8H2,1-2H3,(H,23,27)(H,24,25,26). The van der Waals surface area contributed by atoms with Crippen molar-refractivity contribution in [3.05, 3.63) is 52.3 Å². The minimum absolute atomic E-state index is 0.00204. The summed E-state index contributed by atoms with van der Waals surface area (Å²) in [6.45, 7) is 4.22. The zero-order chi connectivity index (χ0) is 19.9. The van der Waals surface area contributed by atoms with E-state index >= 15 is 0 Å². The lowest BCUT2D eigenvalue weighted by molar-refractivity contribution is 0.0954. The monoisotopic (exact) mass is 402 g/mol. The first-order chi connectivity index (χ1) is 13.4. The minimum Gasteiger partial charge on any atom is -0.442 e.